The van der Waals surface area contributed by atoms with Gasteiger partial charge in [0, 0.05) is 18.8 Å². The van der Waals surface area contributed by atoms with Crippen molar-refractivity contribution in [2.75, 3.05) is 18.0 Å². The first kappa shape index (κ1) is 13.6. The number of rotatable bonds is 1. The van der Waals surface area contributed by atoms with Gasteiger partial charge in [0.25, 0.3) is 0 Å². The van der Waals surface area contributed by atoms with Gasteiger partial charge < -0.3 is 4.90 Å². The van der Waals surface area contributed by atoms with E-state index in [1.165, 1.54) is 11.1 Å². The third-order valence-corrected chi connectivity index (χ3v) is 4.18. The van der Waals surface area contributed by atoms with Gasteiger partial charge in [-0.25, -0.2) is 0 Å². The smallest absolute Gasteiger partial charge is 0.103 e. The summed E-state index contributed by atoms with van der Waals surface area (Å²) in [5, 5.41) is 9.45. The summed E-state index contributed by atoms with van der Waals surface area (Å²) in [6.07, 6.45) is 2.06. The molecule has 1 aromatic carbocycles. The Bertz CT molecular complexity index is 686. The van der Waals surface area contributed by atoms with Crippen LogP contribution in [0.2, 0.25) is 0 Å². The predicted molar refractivity (Wildman–Crippen MR) is 84.5 cm³/mol. The number of aromatic nitrogens is 1. The number of aryl methyl sites for hydroxylation is 2. The zero-order chi connectivity index (χ0) is 14.8. The monoisotopic (exact) mass is 277 g/mol. The van der Waals surface area contributed by atoms with Gasteiger partial charge in [0.15, 0.2) is 0 Å². The van der Waals surface area contributed by atoms with Gasteiger partial charge in [-0.3, -0.25) is 4.98 Å². The van der Waals surface area contributed by atoms with E-state index in [1.807, 2.05) is 19.9 Å². The Kier molecular flexibility index (Phi) is 3.62. The summed E-state index contributed by atoms with van der Waals surface area (Å²) >= 11 is 0. The molecule has 0 aliphatic carbocycles. The summed E-state index contributed by atoms with van der Waals surface area (Å²) in [6.45, 7) is 5.81. The van der Waals surface area contributed by atoms with Crippen molar-refractivity contribution in [2.45, 2.75) is 26.7 Å². The Balaban J connectivity index is 1.95. The summed E-state index contributed by atoms with van der Waals surface area (Å²) in [7, 11) is 0. The molecular formula is C18H19N3. The molecule has 3 nitrogen and oxygen atoms in total. The molecular weight excluding hydrogens is 258 g/mol. The van der Waals surface area contributed by atoms with Crippen molar-refractivity contribution in [3.05, 3.63) is 58.4 Å². The standard InChI is InChI=1S/C18H19N3/c1-13-11-18(17(12-19)14(2)20-13)21-9-7-15-5-3-4-6-16(15)8-10-21/h3-6,11H,7-10H2,1-2H3. The van der Waals surface area contributed by atoms with Crippen LogP contribution in [0.5, 0.6) is 0 Å². The molecule has 0 bridgehead atoms. The molecule has 3 rings (SSSR count). The highest BCUT2D eigenvalue weighted by molar-refractivity contribution is 5.62. The van der Waals surface area contributed by atoms with Crippen LogP contribution in [0.4, 0.5) is 5.69 Å². The second-order valence-electron chi connectivity index (χ2n) is 5.61. The van der Waals surface area contributed by atoms with E-state index >= 15 is 0 Å². The zero-order valence-corrected chi connectivity index (χ0v) is 12.6. The number of anilines is 1. The van der Waals surface area contributed by atoms with Crippen LogP contribution in [-0.4, -0.2) is 18.1 Å². The van der Waals surface area contributed by atoms with Crippen molar-refractivity contribution in [1.29, 1.82) is 5.26 Å². The minimum Gasteiger partial charge on any atom is -0.370 e. The normalized spacial score (nSPS) is 14.2. The minimum atomic E-state index is 0.714. The lowest BCUT2D eigenvalue weighted by Gasteiger charge is -2.24. The lowest BCUT2D eigenvalue weighted by Crippen LogP contribution is -2.27. The van der Waals surface area contributed by atoms with Crippen LogP contribution in [0.25, 0.3) is 0 Å². The molecule has 0 N–H and O–H groups in total. The van der Waals surface area contributed by atoms with Gasteiger partial charge in [-0.15, -0.1) is 0 Å². The topological polar surface area (TPSA) is 39.9 Å². The van der Waals surface area contributed by atoms with Crippen molar-refractivity contribution in [3.8, 4) is 6.07 Å². The van der Waals surface area contributed by atoms with Crippen molar-refractivity contribution in [3.63, 3.8) is 0 Å². The predicted octanol–water partition coefficient (Wildman–Crippen LogP) is 3.18. The second kappa shape index (κ2) is 5.57. The lowest BCUT2D eigenvalue weighted by molar-refractivity contribution is 0.801. The Labute approximate surface area is 125 Å². The third-order valence-electron chi connectivity index (χ3n) is 4.18. The van der Waals surface area contributed by atoms with E-state index in [0.29, 0.717) is 5.56 Å². The number of hydrogen-bond donors (Lipinski definition) is 0. The van der Waals surface area contributed by atoms with Crippen molar-refractivity contribution < 1.29 is 0 Å². The fourth-order valence-corrected chi connectivity index (χ4v) is 3.10. The molecule has 106 valence electrons. The fourth-order valence-electron chi connectivity index (χ4n) is 3.10. The molecule has 3 heteroatoms. The maximum Gasteiger partial charge on any atom is 0.103 e. The summed E-state index contributed by atoms with van der Waals surface area (Å²) in [5.74, 6) is 0. The Morgan fingerprint density at radius 1 is 1.10 bits per heavy atom. The average Bonchev–Trinajstić information content (AvgIpc) is 2.69. The molecule has 0 saturated heterocycles. The number of benzene rings is 1. The van der Waals surface area contributed by atoms with Gasteiger partial charge in [-0.2, -0.15) is 5.26 Å². The van der Waals surface area contributed by atoms with E-state index in [2.05, 4.69) is 40.2 Å². The second-order valence-corrected chi connectivity index (χ2v) is 5.61. The number of nitrogens with zero attached hydrogens (tertiary/aromatic N) is 3. The minimum absolute atomic E-state index is 0.714. The van der Waals surface area contributed by atoms with Crippen LogP contribution in [-0.2, 0) is 12.8 Å². The molecule has 2 heterocycles. The highest BCUT2D eigenvalue weighted by Crippen LogP contribution is 2.26. The highest BCUT2D eigenvalue weighted by atomic mass is 15.1. The average molecular weight is 277 g/mol. The summed E-state index contributed by atoms with van der Waals surface area (Å²) < 4.78 is 0. The van der Waals surface area contributed by atoms with Crippen LogP contribution >= 0.6 is 0 Å². The van der Waals surface area contributed by atoms with Gasteiger partial charge >= 0.3 is 0 Å². The van der Waals surface area contributed by atoms with Crippen molar-refractivity contribution in [2.24, 2.45) is 0 Å². The van der Waals surface area contributed by atoms with E-state index in [-0.39, 0.29) is 0 Å². The maximum atomic E-state index is 9.45. The molecule has 0 unspecified atom stereocenters. The number of pyridine rings is 1. The molecule has 0 saturated carbocycles. The zero-order valence-electron chi connectivity index (χ0n) is 12.6. The van der Waals surface area contributed by atoms with Crippen LogP contribution in [0, 0.1) is 25.2 Å². The molecule has 0 amide bonds. The number of nitriles is 1. The van der Waals surface area contributed by atoms with Gasteiger partial charge in [-0.1, -0.05) is 24.3 Å². The molecule has 1 aliphatic heterocycles. The Hall–Kier alpha value is -2.34. The first-order valence-electron chi connectivity index (χ1n) is 7.39. The first-order valence-corrected chi connectivity index (χ1v) is 7.39. The third kappa shape index (κ3) is 2.62. The van der Waals surface area contributed by atoms with Crippen LogP contribution < -0.4 is 4.90 Å². The van der Waals surface area contributed by atoms with E-state index in [9.17, 15) is 5.26 Å². The lowest BCUT2D eigenvalue weighted by atomic mass is 10.0. The van der Waals surface area contributed by atoms with E-state index in [0.717, 1.165) is 43.0 Å². The molecule has 2 aromatic rings. The van der Waals surface area contributed by atoms with E-state index < -0.39 is 0 Å². The molecule has 1 aromatic heterocycles. The van der Waals surface area contributed by atoms with Gasteiger partial charge in [0.2, 0.25) is 0 Å². The molecule has 0 atom stereocenters. The molecule has 0 fully saturated rings. The molecule has 1 aliphatic rings. The quantitative estimate of drug-likeness (QED) is 0.803. The number of fused-ring (bicyclic) bond motifs is 1. The van der Waals surface area contributed by atoms with Crippen molar-refractivity contribution in [1.82, 2.24) is 4.98 Å². The first-order chi connectivity index (χ1) is 10.2. The summed E-state index contributed by atoms with van der Waals surface area (Å²) in [5.41, 5.74) is 6.42. The van der Waals surface area contributed by atoms with Crippen LogP contribution in [0.1, 0.15) is 28.1 Å². The Morgan fingerprint density at radius 2 is 1.71 bits per heavy atom. The Morgan fingerprint density at radius 3 is 2.29 bits per heavy atom. The van der Waals surface area contributed by atoms with Crippen LogP contribution in [0.15, 0.2) is 30.3 Å². The highest BCUT2D eigenvalue weighted by Gasteiger charge is 2.18. The largest absolute Gasteiger partial charge is 0.370 e. The van der Waals surface area contributed by atoms with Crippen LogP contribution in [0.3, 0.4) is 0 Å². The van der Waals surface area contributed by atoms with E-state index in [4.69, 9.17) is 0 Å². The summed E-state index contributed by atoms with van der Waals surface area (Å²) in [4.78, 5) is 6.75. The molecule has 0 radical (unpaired) electrons. The maximum absolute atomic E-state index is 9.45. The number of hydrogen-bond acceptors (Lipinski definition) is 3. The fraction of sp³-hybridized carbons (Fsp3) is 0.333. The molecule has 21 heavy (non-hydrogen) atoms. The van der Waals surface area contributed by atoms with E-state index in [1.54, 1.807) is 0 Å². The van der Waals surface area contributed by atoms with Gasteiger partial charge in [0.1, 0.15) is 6.07 Å². The summed E-state index contributed by atoms with van der Waals surface area (Å²) in [6, 6.07) is 13.0. The van der Waals surface area contributed by atoms with Gasteiger partial charge in [0.05, 0.1) is 16.9 Å². The molecule has 0 spiro atoms. The van der Waals surface area contributed by atoms with Gasteiger partial charge in [-0.05, 0) is 43.9 Å². The SMILES string of the molecule is Cc1cc(N2CCc3ccccc3CC2)c(C#N)c(C)n1. The van der Waals surface area contributed by atoms with Crippen molar-refractivity contribution >= 4 is 5.69 Å².